The van der Waals surface area contributed by atoms with Crippen molar-refractivity contribution >= 4 is 45.4 Å². The van der Waals surface area contributed by atoms with Gasteiger partial charge in [0, 0.05) is 40.5 Å². The minimum Gasteiger partial charge on any atom is -0.465 e. The van der Waals surface area contributed by atoms with Crippen molar-refractivity contribution in [3.8, 4) is 0 Å². The smallest absolute Gasteiger partial charge is 0.407 e. The van der Waals surface area contributed by atoms with Crippen LogP contribution in [0.25, 0.3) is 0 Å². The molecule has 306 valence electrons. The second-order valence-electron chi connectivity index (χ2n) is 14.9. The number of rotatable bonds is 19. The zero-order valence-electron chi connectivity index (χ0n) is 33.6. The lowest BCUT2D eigenvalue weighted by Gasteiger charge is -2.41. The molecule has 16 nitrogen and oxygen atoms in total. The zero-order valence-corrected chi connectivity index (χ0v) is 34.4. The predicted octanol–water partition coefficient (Wildman–Crippen LogP) is 2.77. The predicted molar refractivity (Wildman–Crippen MR) is 203 cm³/mol. The molecule has 0 aliphatic carbocycles. The van der Waals surface area contributed by atoms with Crippen LogP contribution in [0.1, 0.15) is 74.1 Å². The number of likely N-dealkylation sites (tertiary alicyclic amines) is 1. The summed E-state index contributed by atoms with van der Waals surface area (Å²) in [6.07, 6.45) is -1.20. The van der Waals surface area contributed by atoms with E-state index in [0.717, 1.165) is 4.90 Å². The Balaban J connectivity index is 2.31. The van der Waals surface area contributed by atoms with Gasteiger partial charge in [-0.25, -0.2) is 17.9 Å². The molecule has 0 unspecified atom stereocenters. The van der Waals surface area contributed by atoms with E-state index in [1.165, 1.54) is 50.4 Å². The number of carboxylic acid groups (broad SMARTS) is 1. The number of anilines is 1. The molecule has 2 rings (SSSR count). The van der Waals surface area contributed by atoms with Gasteiger partial charge in [-0.1, -0.05) is 54.9 Å². The highest BCUT2D eigenvalue weighted by atomic mass is 32.2. The van der Waals surface area contributed by atoms with Crippen LogP contribution in [0.2, 0.25) is 0 Å². The molecule has 1 aromatic carbocycles. The fourth-order valence-electron chi connectivity index (χ4n) is 7.25. The Labute approximate surface area is 320 Å². The maximum Gasteiger partial charge on any atom is 0.407 e. The van der Waals surface area contributed by atoms with Gasteiger partial charge in [-0.3, -0.25) is 24.1 Å². The van der Waals surface area contributed by atoms with Crippen molar-refractivity contribution in [1.82, 2.24) is 24.7 Å². The molecule has 5 amide bonds. The quantitative estimate of drug-likeness (QED) is 0.150. The number of methoxy groups -OCH3 is 2. The molecule has 1 aliphatic heterocycles. The molecule has 1 heterocycles. The second-order valence-corrected chi connectivity index (χ2v) is 16.6. The summed E-state index contributed by atoms with van der Waals surface area (Å²) in [6.45, 7) is 12.9. The van der Waals surface area contributed by atoms with Crippen molar-refractivity contribution < 1.29 is 47.0 Å². The molecule has 1 aromatic rings. The first-order valence-corrected chi connectivity index (χ1v) is 19.9. The third-order valence-corrected chi connectivity index (χ3v) is 11.9. The average molecular weight is 783 g/mol. The summed E-state index contributed by atoms with van der Waals surface area (Å²) in [7, 11) is 1.61. The lowest BCUT2D eigenvalue weighted by atomic mass is 9.89. The normalized spacial score (nSPS) is 18.6. The molecule has 1 aliphatic rings. The maximum atomic E-state index is 14.2. The minimum absolute atomic E-state index is 0.111. The van der Waals surface area contributed by atoms with E-state index in [4.69, 9.17) is 15.2 Å². The largest absolute Gasteiger partial charge is 0.465 e. The van der Waals surface area contributed by atoms with Gasteiger partial charge in [0.1, 0.15) is 12.1 Å². The molecule has 1 fully saturated rings. The lowest BCUT2D eigenvalue weighted by molar-refractivity contribution is -0.148. The highest BCUT2D eigenvalue weighted by molar-refractivity contribution is 7.90. The summed E-state index contributed by atoms with van der Waals surface area (Å²) in [6, 6.07) is 2.28. The van der Waals surface area contributed by atoms with Gasteiger partial charge in [0.25, 0.3) is 10.0 Å². The minimum atomic E-state index is -4.19. The molecule has 1 saturated heterocycles. The number of nitrogens with zero attached hydrogens (tertiary/aromatic N) is 3. The van der Waals surface area contributed by atoms with Crippen LogP contribution in [0.5, 0.6) is 0 Å². The first kappa shape index (κ1) is 46.2. The molecule has 54 heavy (non-hydrogen) atoms. The van der Waals surface area contributed by atoms with Gasteiger partial charge in [-0.2, -0.15) is 0 Å². The van der Waals surface area contributed by atoms with Gasteiger partial charge in [0.05, 0.1) is 41.5 Å². The summed E-state index contributed by atoms with van der Waals surface area (Å²) in [4.78, 5) is 70.7. The Kier molecular flexibility index (Phi) is 17.2. The number of nitrogens with one attached hydrogen (secondary N) is 2. The van der Waals surface area contributed by atoms with Crippen molar-refractivity contribution in [2.45, 2.75) is 115 Å². The van der Waals surface area contributed by atoms with E-state index in [2.05, 4.69) is 10.0 Å². The number of hydrogen-bond acceptors (Lipinski definition) is 10. The van der Waals surface area contributed by atoms with E-state index < -0.39 is 76.1 Å². The van der Waals surface area contributed by atoms with Crippen LogP contribution in [-0.2, 0) is 38.7 Å². The average Bonchev–Trinajstić information content (AvgIpc) is 3.59. The van der Waals surface area contributed by atoms with Gasteiger partial charge in [-0.15, -0.1) is 0 Å². The Hall–Kier alpha value is -3.96. The fourth-order valence-corrected chi connectivity index (χ4v) is 8.32. The number of nitrogens with two attached hydrogens (primary N) is 1. The summed E-state index contributed by atoms with van der Waals surface area (Å²) < 4.78 is 39.7. The Morgan fingerprint density at radius 2 is 1.54 bits per heavy atom. The number of nitrogen functional groups attached to an aromatic ring is 1. The van der Waals surface area contributed by atoms with E-state index >= 15 is 0 Å². The van der Waals surface area contributed by atoms with Crippen molar-refractivity contribution in [1.29, 1.82) is 0 Å². The van der Waals surface area contributed by atoms with E-state index in [1.54, 1.807) is 46.6 Å². The van der Waals surface area contributed by atoms with Crippen molar-refractivity contribution in [2.75, 3.05) is 40.6 Å². The zero-order chi connectivity index (χ0) is 41.2. The highest BCUT2D eigenvalue weighted by Gasteiger charge is 2.43. The standard InChI is InChI=1S/C37H62N6O10S/c1-12-23(6)32(41(8)36(47)30(21(2)3)39-35(46)31(22(4)5)42(9)37(48)49)28(52-10)20-29(44)43-19-13-14-27(43)33(53-11)24(7)34(45)40-54(50,51)26-17-15-25(38)16-18-26/h15-18,21-24,27-28,30-33H,12-14,19-20,38H2,1-11H3,(H,39,46)(H,40,45)(H,48,49)/t23-,24+,27-,28-,30-,31-,32-,33+/m0/s1. The van der Waals surface area contributed by atoms with Crippen LogP contribution in [0.4, 0.5) is 10.5 Å². The molecule has 0 spiro atoms. The van der Waals surface area contributed by atoms with Crippen molar-refractivity contribution in [2.24, 2.45) is 23.7 Å². The van der Waals surface area contributed by atoms with E-state index in [0.29, 0.717) is 31.5 Å². The van der Waals surface area contributed by atoms with Crippen LogP contribution in [0.3, 0.4) is 0 Å². The highest BCUT2D eigenvalue weighted by Crippen LogP contribution is 2.30. The van der Waals surface area contributed by atoms with Gasteiger partial charge >= 0.3 is 6.09 Å². The van der Waals surface area contributed by atoms with Crippen LogP contribution in [0.15, 0.2) is 29.2 Å². The van der Waals surface area contributed by atoms with Gasteiger partial charge in [0.2, 0.25) is 23.6 Å². The van der Waals surface area contributed by atoms with Crippen LogP contribution in [0, 0.1) is 23.7 Å². The SMILES string of the molecule is CC[C@H](C)[C@@H]([C@H](CC(=O)N1CCC[C@H]1[C@H](OC)[C@@H](C)C(=O)NS(=O)(=O)c1ccc(N)cc1)OC)N(C)C(=O)[C@@H](NC(=O)[C@H](C(C)C)N(C)C(=O)O)C(C)C. The van der Waals surface area contributed by atoms with Crippen LogP contribution in [-0.4, -0.2) is 129 Å². The fraction of sp³-hybridized carbons (Fsp3) is 0.703. The number of carbonyl (C=O) groups is 5. The monoisotopic (exact) mass is 782 g/mol. The Morgan fingerprint density at radius 3 is 2.02 bits per heavy atom. The number of carbonyl (C=O) groups excluding carboxylic acids is 4. The van der Waals surface area contributed by atoms with Gasteiger partial charge in [0.15, 0.2) is 0 Å². The Morgan fingerprint density at radius 1 is 0.944 bits per heavy atom. The Bertz CT molecular complexity index is 1560. The van der Waals surface area contributed by atoms with E-state index in [9.17, 15) is 37.5 Å². The van der Waals surface area contributed by atoms with Crippen molar-refractivity contribution in [3.63, 3.8) is 0 Å². The third kappa shape index (κ3) is 11.3. The number of ether oxygens (including phenoxy) is 2. The molecular weight excluding hydrogens is 721 g/mol. The number of likely N-dealkylation sites (N-methyl/N-ethyl adjacent to an activating group) is 2. The molecule has 0 radical (unpaired) electrons. The van der Waals surface area contributed by atoms with E-state index in [-0.39, 0.29) is 35.0 Å². The second kappa shape index (κ2) is 20.1. The van der Waals surface area contributed by atoms with Gasteiger partial charge in [-0.05, 0) is 54.9 Å². The lowest BCUT2D eigenvalue weighted by Crippen LogP contribution is -2.60. The van der Waals surface area contributed by atoms with Gasteiger partial charge < -0.3 is 35.4 Å². The molecular formula is C37H62N6O10S. The third-order valence-electron chi connectivity index (χ3n) is 10.5. The first-order valence-electron chi connectivity index (χ1n) is 18.4. The summed E-state index contributed by atoms with van der Waals surface area (Å²) in [5, 5.41) is 12.4. The number of amides is 5. The van der Waals surface area contributed by atoms with Crippen molar-refractivity contribution in [3.05, 3.63) is 24.3 Å². The number of sulfonamides is 1. The van der Waals surface area contributed by atoms with Crippen LogP contribution >= 0.6 is 0 Å². The molecule has 0 saturated carbocycles. The number of hydrogen-bond donors (Lipinski definition) is 4. The molecule has 5 N–H and O–H groups in total. The molecule has 0 bridgehead atoms. The summed E-state index contributed by atoms with van der Waals surface area (Å²) >= 11 is 0. The number of benzene rings is 1. The first-order chi connectivity index (χ1) is 25.1. The summed E-state index contributed by atoms with van der Waals surface area (Å²) in [5.41, 5.74) is 6.04. The molecule has 8 atom stereocenters. The molecule has 17 heteroatoms. The van der Waals surface area contributed by atoms with Crippen LogP contribution < -0.4 is 15.8 Å². The van der Waals surface area contributed by atoms with E-state index in [1.807, 2.05) is 13.8 Å². The molecule has 0 aromatic heterocycles. The topological polar surface area (TPSA) is 218 Å². The maximum absolute atomic E-state index is 14.2. The summed E-state index contributed by atoms with van der Waals surface area (Å²) in [5.74, 6) is -3.90.